The minimum absolute atomic E-state index is 0.144. The highest BCUT2D eigenvalue weighted by Crippen LogP contribution is 2.76. The minimum atomic E-state index is -2.13. The molecule has 0 aromatic heterocycles. The van der Waals surface area contributed by atoms with Gasteiger partial charge in [0.1, 0.15) is 6.10 Å². The minimum Gasteiger partial charge on any atom is -0.478 e. The van der Waals surface area contributed by atoms with Crippen LogP contribution in [0.1, 0.15) is 33.6 Å². The Hall–Kier alpha value is -1.83. The zero-order valence-electron chi connectivity index (χ0n) is 16.8. The number of aliphatic hydroxyl groups excluding tert-OH is 1. The number of aliphatic carboxylic acids is 1. The number of ether oxygens (including phenoxy) is 1. The number of carbonyl (C=O) groups excluding carboxylic acids is 2. The predicted octanol–water partition coefficient (Wildman–Crippen LogP) is 1.09. The van der Waals surface area contributed by atoms with Gasteiger partial charge in [0.2, 0.25) is 5.79 Å². The Morgan fingerprint density at radius 1 is 1.24 bits per heavy atom. The first-order valence-electron chi connectivity index (χ1n) is 10.2. The topological polar surface area (TPSA) is 121 Å². The largest absolute Gasteiger partial charge is 0.478 e. The van der Waals surface area contributed by atoms with Crippen LogP contribution in [0.5, 0.6) is 0 Å². The number of hydrogen-bond acceptors (Lipinski definition) is 6. The van der Waals surface area contributed by atoms with Crippen LogP contribution in [-0.4, -0.2) is 51.4 Å². The molecule has 0 radical (unpaired) electrons. The first-order chi connectivity index (χ1) is 13.4. The van der Waals surface area contributed by atoms with Gasteiger partial charge in [0, 0.05) is 5.92 Å². The number of Topliss-reactive ketones (excluding diaryl/α,β-unsaturated/α-hetero) is 2. The highest BCUT2D eigenvalue weighted by atomic mass is 16.6. The third-order valence-corrected chi connectivity index (χ3v) is 8.99. The Kier molecular flexibility index (Phi) is 3.35. The molecule has 5 fully saturated rings. The van der Waals surface area contributed by atoms with E-state index in [9.17, 15) is 29.7 Å². The second kappa shape index (κ2) is 5.07. The Morgan fingerprint density at radius 2 is 1.90 bits per heavy atom. The van der Waals surface area contributed by atoms with Crippen LogP contribution in [0.2, 0.25) is 0 Å². The maximum Gasteiger partial charge on any atom is 0.339 e. The molecule has 2 saturated heterocycles. The van der Waals surface area contributed by atoms with E-state index in [0.29, 0.717) is 18.4 Å². The number of carboxylic acid groups (broad SMARTS) is 1. The summed E-state index contributed by atoms with van der Waals surface area (Å²) >= 11 is 0. The summed E-state index contributed by atoms with van der Waals surface area (Å²) in [6.45, 7) is 9.12. The van der Waals surface area contributed by atoms with Gasteiger partial charge in [-0.1, -0.05) is 33.4 Å². The summed E-state index contributed by atoms with van der Waals surface area (Å²) in [6, 6.07) is 0. The standard InChI is InChI=1S/C22H26O7/c1-9-11-5-6-13-20-8-29-22(28,21(13,10(11)2)15(9)23)17(25)14(20)19(3,4)7-12(16(20)24)18(26)27/h7,10-11,13-14,17,25,28H,1,5-6,8H2,2-4H3,(H,26,27)/t10-,11+,13+,14-,17+,20+,21+,22-/m1/s1. The van der Waals surface area contributed by atoms with Crippen LogP contribution in [-0.2, 0) is 19.1 Å². The average Bonchev–Trinajstić information content (AvgIpc) is 2.75. The van der Waals surface area contributed by atoms with Crippen molar-refractivity contribution in [3.8, 4) is 0 Å². The van der Waals surface area contributed by atoms with E-state index in [1.165, 1.54) is 6.08 Å². The summed E-state index contributed by atoms with van der Waals surface area (Å²) in [7, 11) is 0. The van der Waals surface area contributed by atoms with Crippen molar-refractivity contribution < 1.29 is 34.4 Å². The van der Waals surface area contributed by atoms with Gasteiger partial charge in [0.05, 0.1) is 23.0 Å². The Labute approximate surface area is 168 Å². The van der Waals surface area contributed by atoms with E-state index >= 15 is 0 Å². The van der Waals surface area contributed by atoms with Crippen molar-refractivity contribution >= 4 is 17.5 Å². The SMILES string of the molecule is C=C1C(=O)[C@]23[C@H](C)[C@H]1CC[C@H]2[C@@]12CO[C@]3(O)[C@@H](O)[C@@H]1C(C)(C)C=C(C(=O)O)C2=O. The molecule has 0 aromatic carbocycles. The van der Waals surface area contributed by atoms with Gasteiger partial charge < -0.3 is 20.1 Å². The molecule has 7 nitrogen and oxygen atoms in total. The molecule has 0 amide bonds. The van der Waals surface area contributed by atoms with Gasteiger partial charge in [0.15, 0.2) is 11.6 Å². The summed E-state index contributed by atoms with van der Waals surface area (Å²) < 4.78 is 5.81. The molecule has 29 heavy (non-hydrogen) atoms. The van der Waals surface area contributed by atoms with Gasteiger partial charge in [-0.25, -0.2) is 4.79 Å². The molecule has 6 rings (SSSR count). The molecule has 3 saturated carbocycles. The lowest BCUT2D eigenvalue weighted by Crippen LogP contribution is -2.84. The molecular weight excluding hydrogens is 376 g/mol. The molecule has 6 aliphatic rings. The highest BCUT2D eigenvalue weighted by Gasteiger charge is 2.86. The second-order valence-corrected chi connectivity index (χ2v) is 10.2. The van der Waals surface area contributed by atoms with Crippen LogP contribution in [0.25, 0.3) is 0 Å². The van der Waals surface area contributed by atoms with Crippen LogP contribution in [0.3, 0.4) is 0 Å². The Balaban J connectivity index is 1.85. The van der Waals surface area contributed by atoms with Crippen LogP contribution in [0, 0.1) is 39.9 Å². The number of carboxylic acids is 1. The molecule has 7 heteroatoms. The maximum atomic E-state index is 13.7. The van der Waals surface area contributed by atoms with Crippen LogP contribution < -0.4 is 0 Å². The number of fused-ring (bicyclic) bond motifs is 2. The van der Waals surface area contributed by atoms with Crippen molar-refractivity contribution in [2.45, 2.75) is 45.5 Å². The van der Waals surface area contributed by atoms with Crippen LogP contribution in [0.15, 0.2) is 23.8 Å². The smallest absolute Gasteiger partial charge is 0.339 e. The fourth-order valence-corrected chi connectivity index (χ4v) is 8.10. The van der Waals surface area contributed by atoms with E-state index in [4.69, 9.17) is 4.74 Å². The van der Waals surface area contributed by atoms with Crippen molar-refractivity contribution in [2.75, 3.05) is 6.61 Å². The van der Waals surface area contributed by atoms with Crippen LogP contribution >= 0.6 is 0 Å². The van der Waals surface area contributed by atoms with Gasteiger partial charge in [-0.3, -0.25) is 9.59 Å². The number of allylic oxidation sites excluding steroid dienone is 2. The summed E-state index contributed by atoms with van der Waals surface area (Å²) in [4.78, 5) is 39.2. The zero-order chi connectivity index (χ0) is 21.3. The van der Waals surface area contributed by atoms with E-state index in [1.54, 1.807) is 13.8 Å². The number of hydrogen-bond donors (Lipinski definition) is 3. The van der Waals surface area contributed by atoms with Crippen LogP contribution in [0.4, 0.5) is 0 Å². The quantitative estimate of drug-likeness (QED) is 0.443. The first-order valence-corrected chi connectivity index (χ1v) is 10.2. The van der Waals surface area contributed by atoms with Crippen molar-refractivity contribution in [2.24, 2.45) is 39.9 Å². The summed E-state index contributed by atoms with van der Waals surface area (Å²) in [5.74, 6) is -6.30. The van der Waals surface area contributed by atoms with E-state index < -0.39 is 51.7 Å². The summed E-state index contributed by atoms with van der Waals surface area (Å²) in [5.41, 5.74) is -3.69. The Bertz CT molecular complexity index is 931. The van der Waals surface area contributed by atoms with Gasteiger partial charge in [0.25, 0.3) is 0 Å². The Morgan fingerprint density at radius 3 is 2.52 bits per heavy atom. The second-order valence-electron chi connectivity index (χ2n) is 10.2. The normalized spacial score (nSPS) is 52.1. The number of ketones is 2. The third-order valence-electron chi connectivity index (χ3n) is 8.99. The van der Waals surface area contributed by atoms with Crippen molar-refractivity contribution in [3.63, 3.8) is 0 Å². The molecule has 0 unspecified atom stereocenters. The number of aliphatic hydroxyl groups is 2. The van der Waals surface area contributed by atoms with Gasteiger partial charge in [-0.15, -0.1) is 0 Å². The van der Waals surface area contributed by atoms with E-state index in [2.05, 4.69) is 6.58 Å². The molecule has 156 valence electrons. The monoisotopic (exact) mass is 402 g/mol. The number of rotatable bonds is 1. The van der Waals surface area contributed by atoms with Crippen molar-refractivity contribution in [3.05, 3.63) is 23.8 Å². The lowest BCUT2D eigenvalue weighted by atomic mass is 9.35. The molecule has 2 spiro atoms. The third kappa shape index (κ3) is 1.65. The fourth-order valence-electron chi connectivity index (χ4n) is 8.10. The molecule has 2 heterocycles. The highest BCUT2D eigenvalue weighted by molar-refractivity contribution is 6.20. The average molecular weight is 402 g/mol. The lowest BCUT2D eigenvalue weighted by Gasteiger charge is -2.72. The summed E-state index contributed by atoms with van der Waals surface area (Å²) in [6.07, 6.45) is 0.995. The van der Waals surface area contributed by atoms with Gasteiger partial charge in [-0.05, 0) is 41.6 Å². The van der Waals surface area contributed by atoms with E-state index in [-0.39, 0.29) is 29.8 Å². The van der Waals surface area contributed by atoms with E-state index in [0.717, 1.165) is 0 Å². The van der Waals surface area contributed by atoms with Crippen molar-refractivity contribution in [1.29, 1.82) is 0 Å². The molecule has 4 aliphatic carbocycles. The summed E-state index contributed by atoms with van der Waals surface area (Å²) in [5, 5.41) is 32.9. The first kappa shape index (κ1) is 19.2. The van der Waals surface area contributed by atoms with Gasteiger partial charge in [-0.2, -0.15) is 0 Å². The molecule has 0 aromatic rings. The zero-order valence-corrected chi connectivity index (χ0v) is 16.8. The predicted molar refractivity (Wildman–Crippen MR) is 99.3 cm³/mol. The molecule has 3 N–H and O–H groups in total. The molecule has 2 aliphatic heterocycles. The number of carbonyl (C=O) groups is 3. The van der Waals surface area contributed by atoms with Gasteiger partial charge >= 0.3 is 5.97 Å². The van der Waals surface area contributed by atoms with E-state index in [1.807, 2.05) is 6.92 Å². The molecule has 4 bridgehead atoms. The fraction of sp³-hybridized carbons (Fsp3) is 0.682. The lowest BCUT2D eigenvalue weighted by molar-refractivity contribution is -0.429. The van der Waals surface area contributed by atoms with Crippen molar-refractivity contribution in [1.82, 2.24) is 0 Å². The maximum absolute atomic E-state index is 13.7. The molecule has 8 atom stereocenters. The molecular formula is C22H26O7.